The number of methoxy groups -OCH3 is 2. The van der Waals surface area contributed by atoms with Crippen LogP contribution in [-0.4, -0.2) is 29.9 Å². The third-order valence-electron chi connectivity index (χ3n) is 4.63. The number of para-hydroxylation sites is 2. The maximum atomic E-state index is 13.4. The fraction of sp³-hybridized carbons (Fsp3) is 0.200. The first-order chi connectivity index (χ1) is 13.1. The van der Waals surface area contributed by atoms with Gasteiger partial charge in [0.1, 0.15) is 17.3 Å². The summed E-state index contributed by atoms with van der Waals surface area (Å²) in [6.07, 6.45) is 1.78. The van der Waals surface area contributed by atoms with Crippen LogP contribution < -0.4 is 19.7 Å². The van der Waals surface area contributed by atoms with Gasteiger partial charge in [-0.15, -0.1) is 0 Å². The van der Waals surface area contributed by atoms with E-state index in [1.54, 1.807) is 48.2 Å². The molecule has 0 saturated carbocycles. The molecule has 1 aromatic heterocycles. The van der Waals surface area contributed by atoms with Crippen LogP contribution in [0.1, 0.15) is 15.9 Å². The van der Waals surface area contributed by atoms with Crippen LogP contribution in [0.3, 0.4) is 0 Å². The second kappa shape index (κ2) is 6.68. The van der Waals surface area contributed by atoms with Crippen LogP contribution in [0.4, 0.5) is 17.2 Å². The van der Waals surface area contributed by atoms with Gasteiger partial charge in [-0.1, -0.05) is 12.1 Å². The van der Waals surface area contributed by atoms with Gasteiger partial charge in [0.25, 0.3) is 5.91 Å². The lowest BCUT2D eigenvalue weighted by atomic mass is 10.1. The molecule has 0 saturated heterocycles. The van der Waals surface area contributed by atoms with Gasteiger partial charge in [0.2, 0.25) is 0 Å². The van der Waals surface area contributed by atoms with Gasteiger partial charge >= 0.3 is 0 Å². The lowest BCUT2D eigenvalue weighted by Crippen LogP contribution is -2.30. The molecule has 1 amide bonds. The molecular formula is C20H20N4O3. The SMILES string of the molecule is COc1cc(OC)cc(C(=O)N2Cc3cnn(C)c3Nc3ccccc32)c1. The average molecular weight is 364 g/mol. The molecule has 0 fully saturated rings. The number of rotatable bonds is 3. The molecule has 7 heteroatoms. The number of hydrogen-bond donors (Lipinski definition) is 1. The molecule has 1 aliphatic heterocycles. The van der Waals surface area contributed by atoms with Gasteiger partial charge in [0.15, 0.2) is 0 Å². The van der Waals surface area contributed by atoms with Gasteiger partial charge < -0.3 is 19.7 Å². The van der Waals surface area contributed by atoms with Crippen molar-refractivity contribution in [1.82, 2.24) is 9.78 Å². The summed E-state index contributed by atoms with van der Waals surface area (Å²) in [5.74, 6) is 1.88. The smallest absolute Gasteiger partial charge is 0.258 e. The van der Waals surface area contributed by atoms with Crippen molar-refractivity contribution in [2.45, 2.75) is 6.54 Å². The first-order valence-electron chi connectivity index (χ1n) is 8.52. The largest absolute Gasteiger partial charge is 0.497 e. The monoisotopic (exact) mass is 364 g/mol. The Kier molecular flexibility index (Phi) is 4.19. The second-order valence-electron chi connectivity index (χ2n) is 6.28. The van der Waals surface area contributed by atoms with E-state index < -0.39 is 0 Å². The summed E-state index contributed by atoms with van der Waals surface area (Å²) in [7, 11) is 5.01. The Morgan fingerprint density at radius 3 is 2.52 bits per heavy atom. The van der Waals surface area contributed by atoms with E-state index in [1.807, 2.05) is 31.3 Å². The Balaban J connectivity index is 1.81. The Bertz CT molecular complexity index is 990. The molecule has 1 aliphatic rings. The molecule has 138 valence electrons. The Labute approximate surface area is 157 Å². The minimum Gasteiger partial charge on any atom is -0.497 e. The Morgan fingerprint density at radius 1 is 1.11 bits per heavy atom. The minimum absolute atomic E-state index is 0.141. The zero-order valence-corrected chi connectivity index (χ0v) is 15.4. The van der Waals surface area contributed by atoms with Gasteiger partial charge in [-0.25, -0.2) is 0 Å². The molecule has 0 radical (unpaired) electrons. The number of aryl methyl sites for hydroxylation is 1. The number of anilines is 3. The molecule has 7 nitrogen and oxygen atoms in total. The molecule has 0 atom stereocenters. The van der Waals surface area contributed by atoms with Crippen LogP contribution in [0.25, 0.3) is 0 Å². The van der Waals surface area contributed by atoms with Gasteiger partial charge in [-0.3, -0.25) is 9.48 Å². The van der Waals surface area contributed by atoms with E-state index in [0.717, 1.165) is 22.8 Å². The topological polar surface area (TPSA) is 68.6 Å². The quantitative estimate of drug-likeness (QED) is 0.772. The maximum absolute atomic E-state index is 13.4. The van der Waals surface area contributed by atoms with Crippen molar-refractivity contribution < 1.29 is 14.3 Å². The number of aromatic nitrogens is 2. The molecule has 1 N–H and O–H groups in total. The highest BCUT2D eigenvalue weighted by atomic mass is 16.5. The molecule has 4 rings (SSSR count). The van der Waals surface area contributed by atoms with Crippen molar-refractivity contribution >= 4 is 23.1 Å². The summed E-state index contributed by atoms with van der Waals surface area (Å²) in [6.45, 7) is 0.408. The third-order valence-corrected chi connectivity index (χ3v) is 4.63. The van der Waals surface area contributed by atoms with E-state index in [9.17, 15) is 4.79 Å². The van der Waals surface area contributed by atoms with Crippen LogP contribution in [0.2, 0.25) is 0 Å². The highest BCUT2D eigenvalue weighted by molar-refractivity contribution is 6.08. The minimum atomic E-state index is -0.141. The van der Waals surface area contributed by atoms with Crippen molar-refractivity contribution in [1.29, 1.82) is 0 Å². The van der Waals surface area contributed by atoms with E-state index in [-0.39, 0.29) is 5.91 Å². The molecule has 0 spiro atoms. The molecule has 0 aliphatic carbocycles. The molecule has 3 aromatic rings. The van der Waals surface area contributed by atoms with Crippen molar-refractivity contribution in [3.63, 3.8) is 0 Å². The van der Waals surface area contributed by atoms with E-state index in [0.29, 0.717) is 23.6 Å². The fourth-order valence-corrected chi connectivity index (χ4v) is 3.23. The maximum Gasteiger partial charge on any atom is 0.258 e. The van der Waals surface area contributed by atoms with Crippen molar-refractivity contribution in [3.05, 3.63) is 59.8 Å². The predicted molar refractivity (Wildman–Crippen MR) is 103 cm³/mol. The van der Waals surface area contributed by atoms with Crippen molar-refractivity contribution in [2.24, 2.45) is 7.05 Å². The fourth-order valence-electron chi connectivity index (χ4n) is 3.23. The molecule has 2 heterocycles. The van der Waals surface area contributed by atoms with Gasteiger partial charge in [-0.05, 0) is 24.3 Å². The summed E-state index contributed by atoms with van der Waals surface area (Å²) in [6, 6.07) is 12.9. The highest BCUT2D eigenvalue weighted by Gasteiger charge is 2.27. The first-order valence-corrected chi connectivity index (χ1v) is 8.52. The second-order valence-corrected chi connectivity index (χ2v) is 6.28. The van der Waals surface area contributed by atoms with Crippen LogP contribution in [0.15, 0.2) is 48.7 Å². The molecule has 0 bridgehead atoms. The van der Waals surface area contributed by atoms with E-state index in [1.165, 1.54) is 0 Å². The summed E-state index contributed by atoms with van der Waals surface area (Å²) in [4.78, 5) is 15.2. The van der Waals surface area contributed by atoms with Crippen LogP contribution in [0.5, 0.6) is 11.5 Å². The molecule has 27 heavy (non-hydrogen) atoms. The number of amides is 1. The molecular weight excluding hydrogens is 344 g/mol. The lowest BCUT2D eigenvalue weighted by molar-refractivity contribution is 0.0984. The van der Waals surface area contributed by atoms with Crippen LogP contribution in [-0.2, 0) is 13.6 Å². The normalized spacial score (nSPS) is 12.5. The van der Waals surface area contributed by atoms with Crippen molar-refractivity contribution in [3.8, 4) is 11.5 Å². The molecule has 0 unspecified atom stereocenters. The summed E-state index contributed by atoms with van der Waals surface area (Å²) in [5, 5.41) is 7.70. The first kappa shape index (κ1) is 17.0. The average Bonchev–Trinajstić information content (AvgIpc) is 2.95. The molecule has 2 aromatic carbocycles. The standard InChI is InChI=1S/C20H20N4O3/c1-23-19-14(11-21-23)12-24(18-7-5-4-6-17(18)22-19)20(25)13-8-15(26-2)10-16(9-13)27-3/h4-11,22H,12H2,1-3H3. The zero-order valence-electron chi connectivity index (χ0n) is 15.4. The summed E-state index contributed by atoms with van der Waals surface area (Å²) >= 11 is 0. The van der Waals surface area contributed by atoms with E-state index in [4.69, 9.17) is 9.47 Å². The number of nitrogens with one attached hydrogen (secondary N) is 1. The lowest BCUT2D eigenvalue weighted by Gasteiger charge is -2.23. The van der Waals surface area contributed by atoms with Gasteiger partial charge in [0, 0.05) is 24.2 Å². The number of fused-ring (bicyclic) bond motifs is 2. The van der Waals surface area contributed by atoms with Crippen LogP contribution >= 0.6 is 0 Å². The van der Waals surface area contributed by atoms with Crippen LogP contribution in [0, 0.1) is 0 Å². The van der Waals surface area contributed by atoms with Crippen molar-refractivity contribution in [2.75, 3.05) is 24.4 Å². The Hall–Kier alpha value is -3.48. The number of carbonyl (C=O) groups excluding carboxylic acids is 1. The number of carbonyl (C=O) groups is 1. The zero-order chi connectivity index (χ0) is 19.0. The Morgan fingerprint density at radius 2 is 1.81 bits per heavy atom. The van der Waals surface area contributed by atoms with E-state index >= 15 is 0 Å². The highest BCUT2D eigenvalue weighted by Crippen LogP contribution is 2.36. The number of benzene rings is 2. The predicted octanol–water partition coefficient (Wildman–Crippen LogP) is 3.34. The number of ether oxygens (including phenoxy) is 2. The van der Waals surface area contributed by atoms with Gasteiger partial charge in [-0.2, -0.15) is 5.10 Å². The number of hydrogen-bond acceptors (Lipinski definition) is 5. The summed E-state index contributed by atoms with van der Waals surface area (Å²) < 4.78 is 12.4. The van der Waals surface area contributed by atoms with E-state index in [2.05, 4.69) is 10.4 Å². The van der Waals surface area contributed by atoms with Gasteiger partial charge in [0.05, 0.1) is 38.3 Å². The summed E-state index contributed by atoms with van der Waals surface area (Å²) in [5.41, 5.74) is 3.09. The third kappa shape index (κ3) is 2.97. The number of nitrogens with zero attached hydrogens (tertiary/aromatic N) is 3.